The molecule has 1 aliphatic heterocycles. The molecule has 2 unspecified atom stereocenters. The van der Waals surface area contributed by atoms with Gasteiger partial charge in [0.1, 0.15) is 11.6 Å². The lowest BCUT2D eigenvalue weighted by molar-refractivity contribution is 0.624. The maximum Gasteiger partial charge on any atom is 0.123 e. The number of hydrogen-bond donors (Lipinski definition) is 1. The zero-order valence-electron chi connectivity index (χ0n) is 18.2. The molecule has 4 aromatic carbocycles. The Morgan fingerprint density at radius 2 is 1.53 bits per heavy atom. The molecule has 1 N–H and O–H groups in total. The number of aromatic nitrogens is 1. The van der Waals surface area contributed by atoms with Gasteiger partial charge in [-0.15, -0.1) is 0 Å². The van der Waals surface area contributed by atoms with Gasteiger partial charge in [-0.3, -0.25) is 0 Å². The molecule has 34 heavy (non-hydrogen) atoms. The van der Waals surface area contributed by atoms with Gasteiger partial charge in [-0.1, -0.05) is 42.5 Å². The number of hydrogen-bond acceptors (Lipinski definition) is 1. The summed E-state index contributed by atoms with van der Waals surface area (Å²) in [6.07, 6.45) is 6.57. The summed E-state index contributed by atoms with van der Waals surface area (Å²) >= 11 is 0. The average Bonchev–Trinajstić information content (AvgIpc) is 3.39. The molecule has 0 saturated heterocycles. The summed E-state index contributed by atoms with van der Waals surface area (Å²) in [5, 5.41) is 2.39. The third-order valence-corrected chi connectivity index (χ3v) is 7.05. The molecule has 4 heteroatoms. The molecule has 5 aromatic rings. The van der Waals surface area contributed by atoms with Gasteiger partial charge >= 0.3 is 0 Å². The molecule has 1 aliphatic carbocycles. The van der Waals surface area contributed by atoms with Gasteiger partial charge in [0.2, 0.25) is 0 Å². The van der Waals surface area contributed by atoms with Crippen LogP contribution in [0.4, 0.5) is 20.2 Å². The van der Waals surface area contributed by atoms with Crippen molar-refractivity contribution >= 4 is 38.8 Å². The number of rotatable bonds is 2. The lowest BCUT2D eigenvalue weighted by Gasteiger charge is -2.29. The van der Waals surface area contributed by atoms with Crippen LogP contribution in [-0.2, 0) is 0 Å². The van der Waals surface area contributed by atoms with Crippen molar-refractivity contribution in [3.8, 4) is 0 Å². The van der Waals surface area contributed by atoms with Gasteiger partial charge in [0.05, 0.1) is 6.04 Å². The normalized spacial score (nSPS) is 18.9. The molecule has 2 atom stereocenters. The van der Waals surface area contributed by atoms with Crippen LogP contribution in [0.5, 0.6) is 0 Å². The lowest BCUT2D eigenvalue weighted by atomic mass is 9.86. The van der Waals surface area contributed by atoms with Crippen LogP contribution in [0, 0.1) is 11.6 Å². The lowest BCUT2D eigenvalue weighted by Crippen LogP contribution is -2.28. The van der Waals surface area contributed by atoms with E-state index >= 15 is 0 Å². The van der Waals surface area contributed by atoms with Gasteiger partial charge in [-0.25, -0.2) is 8.78 Å². The average molecular weight is 447 g/mol. The van der Waals surface area contributed by atoms with E-state index in [0.29, 0.717) is 0 Å². The Kier molecular flexibility index (Phi) is 4.06. The van der Waals surface area contributed by atoms with E-state index in [1.807, 2.05) is 12.1 Å². The molecular weight excluding hydrogens is 426 g/mol. The number of anilines is 2. The number of nitrogens with zero attached hydrogens (tertiary/aromatic N) is 1. The summed E-state index contributed by atoms with van der Waals surface area (Å²) in [6, 6.07) is 26.2. The van der Waals surface area contributed by atoms with Crippen LogP contribution in [0.15, 0.2) is 103 Å². The van der Waals surface area contributed by atoms with Crippen LogP contribution in [0.3, 0.4) is 0 Å². The van der Waals surface area contributed by atoms with Crippen LogP contribution in [-0.4, -0.2) is 11.0 Å². The van der Waals surface area contributed by atoms with Gasteiger partial charge < -0.3 is 9.88 Å². The number of fused-ring (bicyclic) bond motifs is 6. The van der Waals surface area contributed by atoms with Gasteiger partial charge in [-0.2, -0.15) is 0 Å². The predicted molar refractivity (Wildman–Crippen MR) is 134 cm³/mol. The van der Waals surface area contributed by atoms with E-state index in [2.05, 4.69) is 64.5 Å². The fourth-order valence-electron chi connectivity index (χ4n) is 5.50. The van der Waals surface area contributed by atoms with Crippen molar-refractivity contribution < 1.29 is 8.78 Å². The van der Waals surface area contributed by atoms with Crippen molar-refractivity contribution in [1.29, 1.82) is 0 Å². The molecular formula is C30H20F2N2. The highest BCUT2D eigenvalue weighted by atomic mass is 19.1. The molecule has 0 radical (unpaired) electrons. The highest BCUT2D eigenvalue weighted by molar-refractivity contribution is 6.08. The summed E-state index contributed by atoms with van der Waals surface area (Å²) in [5.41, 5.74) is 7.27. The Balaban J connectivity index is 1.35. The number of aromatic amines is 1. The summed E-state index contributed by atoms with van der Waals surface area (Å²) in [4.78, 5) is 5.65. The second-order valence-corrected chi connectivity index (χ2v) is 8.98. The van der Waals surface area contributed by atoms with E-state index in [9.17, 15) is 8.78 Å². The minimum Gasteiger partial charge on any atom is -0.355 e. The third kappa shape index (κ3) is 2.85. The van der Waals surface area contributed by atoms with Crippen molar-refractivity contribution in [3.63, 3.8) is 0 Å². The van der Waals surface area contributed by atoms with Gasteiger partial charge in [0, 0.05) is 39.1 Å². The van der Waals surface area contributed by atoms with E-state index < -0.39 is 0 Å². The van der Waals surface area contributed by atoms with Crippen molar-refractivity contribution in [1.82, 2.24) is 4.98 Å². The number of H-pyrrole nitrogens is 1. The summed E-state index contributed by atoms with van der Waals surface area (Å²) in [7, 11) is 0. The molecule has 1 aromatic heterocycles. The first kappa shape index (κ1) is 19.3. The standard InChI is InChI=1S/C30H20F2N2/c31-20-7-10-22(11-8-20)34-29-13-6-19(16-25(29)26-17-21(32)9-14-30(26)34)18-5-12-28-24(15-18)23-3-1-2-4-27(23)33-28/h1-17,25,29,33H. The predicted octanol–water partition coefficient (Wildman–Crippen LogP) is 7.86. The van der Waals surface area contributed by atoms with Gasteiger partial charge in [0.25, 0.3) is 0 Å². The Hall–Kier alpha value is -4.18. The van der Waals surface area contributed by atoms with Crippen LogP contribution >= 0.6 is 0 Å². The number of para-hydroxylation sites is 1. The van der Waals surface area contributed by atoms with Crippen LogP contribution in [0.1, 0.15) is 17.0 Å². The van der Waals surface area contributed by atoms with Gasteiger partial charge in [-0.05, 0) is 77.4 Å². The van der Waals surface area contributed by atoms with Crippen LogP contribution in [0.2, 0.25) is 0 Å². The van der Waals surface area contributed by atoms with Gasteiger partial charge in [0.15, 0.2) is 0 Å². The molecule has 2 heterocycles. The minimum atomic E-state index is -0.270. The van der Waals surface area contributed by atoms with Crippen molar-refractivity contribution in [2.24, 2.45) is 0 Å². The molecule has 0 spiro atoms. The molecule has 0 bridgehead atoms. The van der Waals surface area contributed by atoms with Crippen molar-refractivity contribution in [2.45, 2.75) is 12.0 Å². The number of benzene rings is 4. The molecule has 164 valence electrons. The monoisotopic (exact) mass is 446 g/mol. The summed E-state index contributed by atoms with van der Waals surface area (Å²) in [6.45, 7) is 0. The zero-order valence-corrected chi connectivity index (χ0v) is 18.2. The number of nitrogens with one attached hydrogen (secondary N) is 1. The van der Waals surface area contributed by atoms with E-state index in [4.69, 9.17) is 0 Å². The smallest absolute Gasteiger partial charge is 0.123 e. The highest BCUT2D eigenvalue weighted by Crippen LogP contribution is 2.49. The summed E-state index contributed by atoms with van der Waals surface area (Å²) in [5.74, 6) is -0.523. The second-order valence-electron chi connectivity index (χ2n) is 8.98. The first-order chi connectivity index (χ1) is 16.7. The Bertz CT molecular complexity index is 1640. The molecule has 2 nitrogen and oxygen atoms in total. The Morgan fingerprint density at radius 3 is 2.41 bits per heavy atom. The molecule has 7 rings (SSSR count). The molecule has 0 fully saturated rings. The maximum atomic E-state index is 14.3. The Labute approximate surface area is 195 Å². The van der Waals surface area contributed by atoms with E-state index in [-0.39, 0.29) is 23.6 Å². The maximum absolute atomic E-state index is 14.3. The Morgan fingerprint density at radius 1 is 0.735 bits per heavy atom. The first-order valence-corrected chi connectivity index (χ1v) is 11.4. The first-order valence-electron chi connectivity index (χ1n) is 11.4. The quantitative estimate of drug-likeness (QED) is 0.292. The number of halogens is 2. The third-order valence-electron chi connectivity index (χ3n) is 7.05. The van der Waals surface area contributed by atoms with Crippen molar-refractivity contribution in [3.05, 3.63) is 126 Å². The second kappa shape index (κ2) is 7.16. The fourth-order valence-corrected chi connectivity index (χ4v) is 5.50. The minimum absolute atomic E-state index is 0.00262. The highest BCUT2D eigenvalue weighted by Gasteiger charge is 2.38. The van der Waals surface area contributed by atoms with E-state index in [1.54, 1.807) is 18.2 Å². The molecule has 0 saturated carbocycles. The SMILES string of the molecule is Fc1ccc(N2c3ccc(F)cc3C3C=C(c4ccc5[nH]c6ccccc6c5c4)C=CC32)cc1. The van der Waals surface area contributed by atoms with E-state index in [0.717, 1.165) is 39.1 Å². The summed E-state index contributed by atoms with van der Waals surface area (Å²) < 4.78 is 27.9. The number of allylic oxidation sites excluding steroid dienone is 2. The van der Waals surface area contributed by atoms with Crippen LogP contribution in [0.25, 0.3) is 27.4 Å². The molecule has 0 amide bonds. The van der Waals surface area contributed by atoms with Crippen LogP contribution < -0.4 is 4.90 Å². The van der Waals surface area contributed by atoms with Crippen molar-refractivity contribution in [2.75, 3.05) is 4.90 Å². The topological polar surface area (TPSA) is 19.0 Å². The molecule has 2 aliphatic rings. The van der Waals surface area contributed by atoms with E-state index in [1.165, 1.54) is 29.0 Å². The largest absolute Gasteiger partial charge is 0.355 e. The fraction of sp³-hybridized carbons (Fsp3) is 0.0667. The zero-order chi connectivity index (χ0) is 22.8.